The van der Waals surface area contributed by atoms with E-state index in [4.69, 9.17) is 0 Å². The summed E-state index contributed by atoms with van der Waals surface area (Å²) in [6.45, 7) is 4.46. The molecule has 2 aromatic carbocycles. The molecule has 0 radical (unpaired) electrons. The number of hydrogen-bond donors (Lipinski definition) is 1. The lowest BCUT2D eigenvalue weighted by Gasteiger charge is -2.24. The third kappa shape index (κ3) is 1.81. The molecular weight excluding hydrogens is 238 g/mol. The van der Waals surface area contributed by atoms with Crippen molar-refractivity contribution in [3.8, 4) is 0 Å². The van der Waals surface area contributed by atoms with Gasteiger partial charge in [0, 0.05) is 9.79 Å². The van der Waals surface area contributed by atoms with Crippen LogP contribution < -0.4 is 5.32 Å². The van der Waals surface area contributed by atoms with Gasteiger partial charge in [-0.25, -0.2) is 0 Å². The molecule has 1 heterocycles. The smallest absolute Gasteiger partial charge is 0.0561 e. The topological polar surface area (TPSA) is 12.0 Å². The molecule has 1 aliphatic heterocycles. The lowest BCUT2D eigenvalue weighted by molar-refractivity contribution is 1.02. The number of para-hydroxylation sites is 1. The van der Waals surface area contributed by atoms with Gasteiger partial charge in [-0.2, -0.15) is 0 Å². The van der Waals surface area contributed by atoms with Gasteiger partial charge in [0.05, 0.1) is 11.4 Å². The molecule has 0 bridgehead atoms. The van der Waals surface area contributed by atoms with Crippen LogP contribution in [0.15, 0.2) is 46.2 Å². The SMILES string of the molecule is CCc1ccc2c(c1CC)Nc1ccccc1S2. The molecule has 2 aromatic rings. The molecule has 1 aliphatic rings. The number of aryl methyl sites for hydroxylation is 1. The van der Waals surface area contributed by atoms with Crippen LogP contribution in [0.1, 0.15) is 25.0 Å². The van der Waals surface area contributed by atoms with Crippen LogP contribution in [0.25, 0.3) is 0 Å². The Bertz CT molecular complexity index is 590. The normalized spacial score (nSPS) is 12.6. The van der Waals surface area contributed by atoms with Crippen molar-refractivity contribution in [2.45, 2.75) is 36.5 Å². The second kappa shape index (κ2) is 4.69. The molecule has 0 unspecified atom stereocenters. The maximum Gasteiger partial charge on any atom is 0.0561 e. The van der Waals surface area contributed by atoms with Gasteiger partial charge in [-0.1, -0.05) is 43.8 Å². The third-order valence-corrected chi connectivity index (χ3v) is 4.61. The van der Waals surface area contributed by atoms with Crippen LogP contribution in [-0.4, -0.2) is 0 Å². The Kier molecular flexibility index (Phi) is 3.04. The number of hydrogen-bond acceptors (Lipinski definition) is 2. The molecule has 0 amide bonds. The van der Waals surface area contributed by atoms with Gasteiger partial charge in [0.25, 0.3) is 0 Å². The van der Waals surface area contributed by atoms with Gasteiger partial charge in [0.15, 0.2) is 0 Å². The number of benzene rings is 2. The van der Waals surface area contributed by atoms with E-state index in [9.17, 15) is 0 Å². The maximum atomic E-state index is 3.61. The molecule has 2 heteroatoms. The second-order valence-corrected chi connectivity index (χ2v) is 5.59. The van der Waals surface area contributed by atoms with E-state index in [1.807, 2.05) is 11.8 Å². The molecule has 18 heavy (non-hydrogen) atoms. The van der Waals surface area contributed by atoms with Crippen molar-refractivity contribution in [2.24, 2.45) is 0 Å². The molecule has 0 atom stereocenters. The van der Waals surface area contributed by atoms with Crippen LogP contribution in [0, 0.1) is 0 Å². The minimum absolute atomic E-state index is 1.09. The predicted octanol–water partition coefficient (Wildman–Crippen LogP) is 5.02. The number of nitrogens with one attached hydrogen (secondary N) is 1. The standard InChI is InChI=1S/C16H17NS/c1-3-11-9-10-15-16(12(11)4-2)17-13-7-5-6-8-14(13)18-15/h5-10,17H,3-4H2,1-2H3. The summed E-state index contributed by atoms with van der Waals surface area (Å²) < 4.78 is 0. The highest BCUT2D eigenvalue weighted by molar-refractivity contribution is 7.99. The summed E-state index contributed by atoms with van der Waals surface area (Å²) in [4.78, 5) is 2.67. The summed E-state index contributed by atoms with van der Waals surface area (Å²) in [5, 5.41) is 3.61. The van der Waals surface area contributed by atoms with E-state index in [1.54, 1.807) is 0 Å². The quantitative estimate of drug-likeness (QED) is 0.690. The molecule has 0 spiro atoms. The predicted molar refractivity (Wildman–Crippen MR) is 79.0 cm³/mol. The summed E-state index contributed by atoms with van der Waals surface area (Å²) >= 11 is 1.87. The van der Waals surface area contributed by atoms with Crippen molar-refractivity contribution < 1.29 is 0 Å². The molecule has 0 saturated heterocycles. The lowest BCUT2D eigenvalue weighted by Crippen LogP contribution is -2.05. The van der Waals surface area contributed by atoms with Gasteiger partial charge in [0.1, 0.15) is 0 Å². The molecule has 0 aromatic heterocycles. The van der Waals surface area contributed by atoms with Crippen LogP contribution in [0.5, 0.6) is 0 Å². The molecule has 0 aliphatic carbocycles. The van der Waals surface area contributed by atoms with Gasteiger partial charge in [-0.05, 0) is 42.2 Å². The van der Waals surface area contributed by atoms with Crippen molar-refractivity contribution in [2.75, 3.05) is 5.32 Å². The minimum Gasteiger partial charge on any atom is -0.353 e. The largest absolute Gasteiger partial charge is 0.353 e. The van der Waals surface area contributed by atoms with Gasteiger partial charge in [-0.15, -0.1) is 0 Å². The van der Waals surface area contributed by atoms with E-state index >= 15 is 0 Å². The lowest BCUT2D eigenvalue weighted by atomic mass is 10.0. The first-order chi connectivity index (χ1) is 8.83. The van der Waals surface area contributed by atoms with E-state index < -0.39 is 0 Å². The van der Waals surface area contributed by atoms with E-state index in [1.165, 1.54) is 32.3 Å². The number of rotatable bonds is 2. The fraction of sp³-hybridized carbons (Fsp3) is 0.250. The van der Waals surface area contributed by atoms with Crippen LogP contribution in [0.2, 0.25) is 0 Å². The Morgan fingerprint density at radius 1 is 0.944 bits per heavy atom. The summed E-state index contributed by atoms with van der Waals surface area (Å²) in [6.07, 6.45) is 2.19. The Morgan fingerprint density at radius 3 is 2.56 bits per heavy atom. The van der Waals surface area contributed by atoms with Crippen molar-refractivity contribution in [3.63, 3.8) is 0 Å². The molecular formula is C16H17NS. The van der Waals surface area contributed by atoms with E-state index in [2.05, 4.69) is 55.6 Å². The summed E-state index contributed by atoms with van der Waals surface area (Å²) in [5.41, 5.74) is 5.49. The highest BCUT2D eigenvalue weighted by Crippen LogP contribution is 2.46. The zero-order chi connectivity index (χ0) is 12.5. The highest BCUT2D eigenvalue weighted by Gasteiger charge is 2.18. The van der Waals surface area contributed by atoms with Crippen molar-refractivity contribution >= 4 is 23.1 Å². The van der Waals surface area contributed by atoms with Crippen LogP contribution in [-0.2, 0) is 12.8 Å². The van der Waals surface area contributed by atoms with E-state index in [-0.39, 0.29) is 0 Å². The fourth-order valence-electron chi connectivity index (χ4n) is 2.54. The molecule has 0 fully saturated rings. The minimum atomic E-state index is 1.09. The van der Waals surface area contributed by atoms with E-state index in [0.29, 0.717) is 0 Å². The molecule has 0 saturated carbocycles. The zero-order valence-electron chi connectivity index (χ0n) is 10.8. The summed E-state index contributed by atoms with van der Waals surface area (Å²) in [6, 6.07) is 13.0. The zero-order valence-corrected chi connectivity index (χ0v) is 11.6. The van der Waals surface area contributed by atoms with Crippen molar-refractivity contribution in [3.05, 3.63) is 47.5 Å². The van der Waals surface area contributed by atoms with Crippen molar-refractivity contribution in [1.82, 2.24) is 0 Å². The van der Waals surface area contributed by atoms with Gasteiger partial charge >= 0.3 is 0 Å². The first-order valence-electron chi connectivity index (χ1n) is 6.52. The van der Waals surface area contributed by atoms with Gasteiger partial charge < -0.3 is 5.32 Å². The highest BCUT2D eigenvalue weighted by atomic mass is 32.2. The molecule has 1 N–H and O–H groups in total. The Morgan fingerprint density at radius 2 is 1.78 bits per heavy atom. The monoisotopic (exact) mass is 255 g/mol. The molecule has 3 rings (SSSR count). The van der Waals surface area contributed by atoms with Gasteiger partial charge in [0.2, 0.25) is 0 Å². The fourth-order valence-corrected chi connectivity index (χ4v) is 3.56. The third-order valence-electron chi connectivity index (χ3n) is 3.47. The molecule has 1 nitrogen and oxygen atoms in total. The average Bonchev–Trinajstić information content (AvgIpc) is 2.43. The van der Waals surface area contributed by atoms with Gasteiger partial charge in [-0.3, -0.25) is 0 Å². The van der Waals surface area contributed by atoms with Crippen LogP contribution in [0.4, 0.5) is 11.4 Å². The Balaban J connectivity index is 2.13. The van der Waals surface area contributed by atoms with E-state index in [0.717, 1.165) is 12.8 Å². The number of fused-ring (bicyclic) bond motifs is 2. The maximum absolute atomic E-state index is 3.61. The van der Waals surface area contributed by atoms with Crippen LogP contribution in [0.3, 0.4) is 0 Å². The summed E-state index contributed by atoms with van der Waals surface area (Å²) in [7, 11) is 0. The average molecular weight is 255 g/mol. The van der Waals surface area contributed by atoms with Crippen molar-refractivity contribution in [1.29, 1.82) is 0 Å². The Hall–Kier alpha value is -1.41. The first kappa shape index (κ1) is 11.7. The number of anilines is 2. The Labute approximate surface area is 113 Å². The second-order valence-electron chi connectivity index (χ2n) is 4.51. The first-order valence-corrected chi connectivity index (χ1v) is 7.33. The summed E-state index contributed by atoms with van der Waals surface area (Å²) in [5.74, 6) is 0. The molecule has 92 valence electrons. The van der Waals surface area contributed by atoms with Crippen LogP contribution >= 0.6 is 11.8 Å².